The highest BCUT2D eigenvalue weighted by molar-refractivity contribution is 6.13. The number of oxazole rings is 1. The quantitative estimate of drug-likeness (QED) is 0.196. The maximum Gasteiger partial charge on any atom is 0.227 e. The molecule has 224 valence electrons. The number of benzene rings is 7. The molecule has 0 spiro atoms. The number of hydrogen-bond acceptors (Lipinski definition) is 3. The molecule has 1 aromatic heterocycles. The molecule has 0 amide bonds. The molecule has 7 aromatic carbocycles. The maximum absolute atomic E-state index is 6.66. The second kappa shape index (κ2) is 10.6. The van der Waals surface area contributed by atoms with Crippen LogP contribution in [0.4, 0.5) is 17.1 Å². The molecule has 1 aliphatic carbocycles. The lowest BCUT2D eigenvalue weighted by molar-refractivity contribution is 0.623. The zero-order valence-corrected chi connectivity index (χ0v) is 26.3. The lowest BCUT2D eigenvalue weighted by Gasteiger charge is -2.30. The van der Waals surface area contributed by atoms with Gasteiger partial charge in [0.2, 0.25) is 5.89 Å². The highest BCUT2D eigenvalue weighted by Gasteiger charge is 2.36. The van der Waals surface area contributed by atoms with Crippen molar-refractivity contribution in [2.45, 2.75) is 19.3 Å². The summed E-state index contributed by atoms with van der Waals surface area (Å²) in [7, 11) is 0. The number of anilines is 3. The van der Waals surface area contributed by atoms with Crippen molar-refractivity contribution >= 4 is 38.9 Å². The summed E-state index contributed by atoms with van der Waals surface area (Å²) in [4.78, 5) is 7.36. The van der Waals surface area contributed by atoms with Crippen LogP contribution in [0.25, 0.3) is 55.6 Å². The smallest absolute Gasteiger partial charge is 0.227 e. The third kappa shape index (κ3) is 4.31. The van der Waals surface area contributed by atoms with E-state index in [1.165, 1.54) is 27.8 Å². The molecule has 0 bridgehead atoms. The number of aromatic nitrogens is 1. The van der Waals surface area contributed by atoms with E-state index in [2.05, 4.69) is 146 Å². The van der Waals surface area contributed by atoms with E-state index in [4.69, 9.17) is 9.40 Å². The maximum atomic E-state index is 6.66. The van der Waals surface area contributed by atoms with Gasteiger partial charge >= 0.3 is 0 Å². The van der Waals surface area contributed by atoms with Crippen LogP contribution < -0.4 is 4.90 Å². The van der Waals surface area contributed by atoms with Crippen molar-refractivity contribution in [1.29, 1.82) is 0 Å². The summed E-state index contributed by atoms with van der Waals surface area (Å²) in [6, 6.07) is 56.0. The predicted molar refractivity (Wildman–Crippen MR) is 195 cm³/mol. The lowest BCUT2D eigenvalue weighted by Crippen LogP contribution is -2.17. The van der Waals surface area contributed by atoms with E-state index in [9.17, 15) is 0 Å². The molecule has 0 saturated heterocycles. The van der Waals surface area contributed by atoms with Gasteiger partial charge in [-0.2, -0.15) is 0 Å². The molecule has 0 atom stereocenters. The van der Waals surface area contributed by atoms with Gasteiger partial charge in [-0.3, -0.25) is 0 Å². The minimum Gasteiger partial charge on any atom is -0.435 e. The molecule has 0 saturated carbocycles. The van der Waals surface area contributed by atoms with Crippen molar-refractivity contribution in [2.24, 2.45) is 0 Å². The number of hydrogen-bond donors (Lipinski definition) is 0. The Bertz CT molecular complexity index is 2440. The Morgan fingerprint density at radius 3 is 2.00 bits per heavy atom. The van der Waals surface area contributed by atoms with Crippen molar-refractivity contribution in [2.75, 3.05) is 4.90 Å². The van der Waals surface area contributed by atoms with Crippen molar-refractivity contribution in [3.63, 3.8) is 0 Å². The first-order chi connectivity index (χ1) is 23.1. The molecule has 0 unspecified atom stereocenters. The Labute approximate surface area is 274 Å². The molecule has 0 N–H and O–H groups in total. The third-order valence-corrected chi connectivity index (χ3v) is 9.69. The Balaban J connectivity index is 1.34. The van der Waals surface area contributed by atoms with Gasteiger partial charge in [-0.1, -0.05) is 129 Å². The first kappa shape index (κ1) is 27.4. The zero-order valence-electron chi connectivity index (χ0n) is 26.3. The predicted octanol–water partition coefficient (Wildman–Crippen LogP) is 12.1. The lowest BCUT2D eigenvalue weighted by atomic mass is 9.82. The highest BCUT2D eigenvalue weighted by atomic mass is 16.3. The molecule has 9 rings (SSSR count). The van der Waals surface area contributed by atoms with Crippen LogP contribution >= 0.6 is 0 Å². The van der Waals surface area contributed by atoms with Gasteiger partial charge in [0.15, 0.2) is 5.58 Å². The molecule has 3 heteroatoms. The van der Waals surface area contributed by atoms with E-state index in [1.807, 2.05) is 30.3 Å². The molecule has 0 fully saturated rings. The van der Waals surface area contributed by atoms with Crippen LogP contribution in [0.3, 0.4) is 0 Å². The van der Waals surface area contributed by atoms with Crippen molar-refractivity contribution in [3.8, 4) is 33.7 Å². The summed E-state index contributed by atoms with van der Waals surface area (Å²) >= 11 is 0. The summed E-state index contributed by atoms with van der Waals surface area (Å²) in [5.41, 5.74) is 13.3. The fraction of sp³-hybridized carbons (Fsp3) is 0.0682. The molecule has 0 radical (unpaired) electrons. The third-order valence-electron chi connectivity index (χ3n) is 9.69. The van der Waals surface area contributed by atoms with Gasteiger partial charge < -0.3 is 9.32 Å². The van der Waals surface area contributed by atoms with Crippen LogP contribution in [0.1, 0.15) is 25.0 Å². The van der Waals surface area contributed by atoms with E-state index in [-0.39, 0.29) is 5.41 Å². The minimum absolute atomic E-state index is 0.131. The van der Waals surface area contributed by atoms with Gasteiger partial charge in [0.05, 0.1) is 16.8 Å². The monoisotopic (exact) mass is 604 g/mol. The van der Waals surface area contributed by atoms with Gasteiger partial charge in [-0.25, -0.2) is 4.98 Å². The van der Waals surface area contributed by atoms with Crippen LogP contribution in [0, 0.1) is 0 Å². The SMILES string of the molecule is CC1(C)c2ccccc2-c2ccc(N(c3ccccc3-c3ccccc3)c3cccc4ccc5nc(-c6ccccc6)oc5c34)cc21. The van der Waals surface area contributed by atoms with E-state index >= 15 is 0 Å². The van der Waals surface area contributed by atoms with E-state index in [1.54, 1.807) is 0 Å². The largest absolute Gasteiger partial charge is 0.435 e. The van der Waals surface area contributed by atoms with Gasteiger partial charge in [0, 0.05) is 22.2 Å². The van der Waals surface area contributed by atoms with Crippen molar-refractivity contribution < 1.29 is 4.42 Å². The second-order valence-corrected chi connectivity index (χ2v) is 12.8. The molecule has 1 aliphatic rings. The summed E-state index contributed by atoms with van der Waals surface area (Å²) < 4.78 is 6.66. The van der Waals surface area contributed by atoms with Gasteiger partial charge in [-0.05, 0) is 75.7 Å². The molecule has 3 nitrogen and oxygen atoms in total. The molecule has 8 aromatic rings. The molecule has 1 heterocycles. The van der Waals surface area contributed by atoms with Crippen LogP contribution in [-0.2, 0) is 5.41 Å². The fourth-order valence-corrected chi connectivity index (χ4v) is 7.40. The average molecular weight is 605 g/mol. The number of para-hydroxylation sites is 1. The van der Waals surface area contributed by atoms with Crippen LogP contribution in [-0.4, -0.2) is 4.98 Å². The van der Waals surface area contributed by atoms with Crippen molar-refractivity contribution in [1.82, 2.24) is 4.98 Å². The standard InChI is InChI=1S/C44H32N2O/c1-44(2)36-21-11-9-20-34(36)35-26-25-32(28-37(35)44)46(39-22-12-10-19-33(39)29-14-5-3-6-15-29)40-23-13-18-30-24-27-38-42(41(30)40)47-43(45-38)31-16-7-4-8-17-31/h3-28H,1-2H3. The van der Waals surface area contributed by atoms with Crippen LogP contribution in [0.2, 0.25) is 0 Å². The zero-order chi connectivity index (χ0) is 31.5. The van der Waals surface area contributed by atoms with E-state index < -0.39 is 0 Å². The summed E-state index contributed by atoms with van der Waals surface area (Å²) in [6.07, 6.45) is 0. The van der Waals surface area contributed by atoms with Crippen LogP contribution in [0.15, 0.2) is 162 Å². The fourth-order valence-electron chi connectivity index (χ4n) is 7.40. The van der Waals surface area contributed by atoms with Gasteiger partial charge in [-0.15, -0.1) is 0 Å². The Kier molecular flexibility index (Phi) is 6.16. The summed E-state index contributed by atoms with van der Waals surface area (Å²) in [5.74, 6) is 0.621. The molecular weight excluding hydrogens is 572 g/mol. The Morgan fingerprint density at radius 1 is 0.532 bits per heavy atom. The molecular formula is C44H32N2O. The average Bonchev–Trinajstić information content (AvgIpc) is 3.66. The minimum atomic E-state index is -0.131. The molecule has 47 heavy (non-hydrogen) atoms. The first-order valence-electron chi connectivity index (χ1n) is 16.1. The Hall–Kier alpha value is -5.93. The number of fused-ring (bicyclic) bond motifs is 6. The second-order valence-electron chi connectivity index (χ2n) is 12.8. The van der Waals surface area contributed by atoms with E-state index in [0.29, 0.717) is 5.89 Å². The van der Waals surface area contributed by atoms with E-state index in [0.717, 1.165) is 50.1 Å². The summed E-state index contributed by atoms with van der Waals surface area (Å²) in [5, 5.41) is 2.13. The van der Waals surface area contributed by atoms with Gasteiger partial charge in [0.25, 0.3) is 0 Å². The summed E-state index contributed by atoms with van der Waals surface area (Å²) in [6.45, 7) is 4.68. The molecule has 0 aliphatic heterocycles. The highest BCUT2D eigenvalue weighted by Crippen LogP contribution is 2.52. The Morgan fingerprint density at radius 2 is 1.19 bits per heavy atom. The topological polar surface area (TPSA) is 29.3 Å². The van der Waals surface area contributed by atoms with Crippen LogP contribution in [0.5, 0.6) is 0 Å². The first-order valence-corrected chi connectivity index (χ1v) is 16.1. The number of rotatable bonds is 5. The normalized spacial score (nSPS) is 13.1. The van der Waals surface area contributed by atoms with Crippen molar-refractivity contribution in [3.05, 3.63) is 169 Å². The number of nitrogens with zero attached hydrogens (tertiary/aromatic N) is 2. The van der Waals surface area contributed by atoms with Gasteiger partial charge in [0.1, 0.15) is 5.52 Å².